The van der Waals surface area contributed by atoms with Gasteiger partial charge in [-0.05, 0) is 36.8 Å². The molecule has 27 heavy (non-hydrogen) atoms. The fraction of sp³-hybridized carbons (Fsp3) is 0.0455. The Balaban J connectivity index is 1.77. The molecule has 0 spiro atoms. The Kier molecular flexibility index (Phi) is 4.49. The van der Waals surface area contributed by atoms with Gasteiger partial charge in [0, 0.05) is 11.3 Å². The molecule has 0 radical (unpaired) electrons. The largest absolute Gasteiger partial charge is 0.319 e. The third kappa shape index (κ3) is 3.62. The van der Waals surface area contributed by atoms with Crippen LogP contribution in [0.1, 0.15) is 16.2 Å². The number of amides is 1. The molecule has 1 aromatic heterocycles. The lowest BCUT2D eigenvalue weighted by atomic mass is 10.2. The number of carbonyl (C=O) groups is 1. The molecular formula is C22H18N4O. The number of hydrogen-bond acceptors (Lipinski definition) is 3. The minimum absolute atomic E-state index is 0.124. The number of aryl methyl sites for hydroxylation is 1. The minimum atomic E-state index is -0.343. The van der Waals surface area contributed by atoms with Crippen LogP contribution in [0.4, 0.5) is 5.69 Å². The molecular weight excluding hydrogens is 336 g/mol. The van der Waals surface area contributed by atoms with Gasteiger partial charge in [-0.2, -0.15) is 0 Å². The summed E-state index contributed by atoms with van der Waals surface area (Å²) in [5, 5.41) is 7.32. The number of nitrogens with one attached hydrogen (secondary N) is 1. The normalized spacial score (nSPS) is 10.6. The van der Waals surface area contributed by atoms with Crippen LogP contribution in [0.3, 0.4) is 0 Å². The highest BCUT2D eigenvalue weighted by atomic mass is 16.2. The first-order valence-corrected chi connectivity index (χ1v) is 8.66. The first-order chi connectivity index (χ1) is 13.2. The smallest absolute Gasteiger partial charge is 0.295 e. The van der Waals surface area contributed by atoms with E-state index in [9.17, 15) is 4.79 Å². The number of para-hydroxylation sites is 1. The van der Waals surface area contributed by atoms with Gasteiger partial charge in [0.2, 0.25) is 5.82 Å². The molecule has 0 bridgehead atoms. The van der Waals surface area contributed by atoms with E-state index in [1.165, 1.54) is 0 Å². The molecule has 4 rings (SSSR count). The highest BCUT2D eigenvalue weighted by Gasteiger charge is 2.18. The molecule has 0 aliphatic carbocycles. The Morgan fingerprint density at radius 1 is 0.889 bits per heavy atom. The topological polar surface area (TPSA) is 59.8 Å². The van der Waals surface area contributed by atoms with Gasteiger partial charge < -0.3 is 5.32 Å². The number of rotatable bonds is 4. The van der Waals surface area contributed by atoms with Gasteiger partial charge in [-0.3, -0.25) is 4.79 Å². The summed E-state index contributed by atoms with van der Waals surface area (Å²) in [6.45, 7) is 2.02. The van der Waals surface area contributed by atoms with E-state index < -0.39 is 0 Å². The molecule has 3 aromatic carbocycles. The van der Waals surface area contributed by atoms with Gasteiger partial charge in [0.25, 0.3) is 5.91 Å². The first-order valence-electron chi connectivity index (χ1n) is 8.66. The fourth-order valence-corrected chi connectivity index (χ4v) is 2.83. The van der Waals surface area contributed by atoms with Crippen LogP contribution in [0, 0.1) is 6.92 Å². The van der Waals surface area contributed by atoms with Crippen molar-refractivity contribution >= 4 is 11.6 Å². The molecule has 0 unspecified atom stereocenters. The van der Waals surface area contributed by atoms with Crippen LogP contribution in [0.2, 0.25) is 0 Å². The average Bonchev–Trinajstić information content (AvgIpc) is 3.15. The number of aromatic nitrogens is 3. The second kappa shape index (κ2) is 7.25. The van der Waals surface area contributed by atoms with Crippen LogP contribution < -0.4 is 5.32 Å². The van der Waals surface area contributed by atoms with E-state index in [-0.39, 0.29) is 11.7 Å². The molecule has 0 aliphatic heterocycles. The number of nitrogens with zero attached hydrogens (tertiary/aromatic N) is 3. The van der Waals surface area contributed by atoms with E-state index in [0.717, 1.165) is 16.8 Å². The number of hydrogen-bond donors (Lipinski definition) is 1. The van der Waals surface area contributed by atoms with Gasteiger partial charge in [0.05, 0.1) is 5.69 Å². The summed E-state index contributed by atoms with van der Waals surface area (Å²) < 4.78 is 1.71. The minimum Gasteiger partial charge on any atom is -0.319 e. The van der Waals surface area contributed by atoms with Crippen molar-refractivity contribution in [3.05, 3.63) is 96.3 Å². The number of anilines is 1. The van der Waals surface area contributed by atoms with Gasteiger partial charge in [0.1, 0.15) is 0 Å². The maximum absolute atomic E-state index is 12.7. The molecule has 0 saturated heterocycles. The predicted molar refractivity (Wildman–Crippen MR) is 106 cm³/mol. The van der Waals surface area contributed by atoms with Gasteiger partial charge in [0.15, 0.2) is 5.82 Å². The predicted octanol–water partition coefficient (Wildman–Crippen LogP) is 4.50. The van der Waals surface area contributed by atoms with Crippen LogP contribution in [-0.4, -0.2) is 20.7 Å². The van der Waals surface area contributed by atoms with Crippen LogP contribution in [0.5, 0.6) is 0 Å². The molecule has 1 N–H and O–H groups in total. The van der Waals surface area contributed by atoms with Gasteiger partial charge >= 0.3 is 0 Å². The highest BCUT2D eigenvalue weighted by Crippen LogP contribution is 2.22. The monoisotopic (exact) mass is 354 g/mol. The summed E-state index contributed by atoms with van der Waals surface area (Å²) >= 11 is 0. The zero-order chi connectivity index (χ0) is 18.6. The van der Waals surface area contributed by atoms with Crippen molar-refractivity contribution in [2.24, 2.45) is 0 Å². The second-order valence-electron chi connectivity index (χ2n) is 6.20. The Morgan fingerprint density at radius 3 is 2.30 bits per heavy atom. The average molecular weight is 354 g/mol. The Labute approximate surface area is 157 Å². The van der Waals surface area contributed by atoms with E-state index >= 15 is 0 Å². The highest BCUT2D eigenvalue weighted by molar-refractivity contribution is 6.01. The van der Waals surface area contributed by atoms with E-state index in [0.29, 0.717) is 11.5 Å². The van der Waals surface area contributed by atoms with Crippen LogP contribution in [0.15, 0.2) is 84.9 Å². The summed E-state index contributed by atoms with van der Waals surface area (Å²) in [5.41, 5.74) is 3.57. The standard InChI is InChI=1S/C22H18N4O/c1-16-9-8-14-19(15-16)26-21(17-10-4-2-5-11-17)24-20(25-26)22(27)23-18-12-6-3-7-13-18/h2-15H,1H3,(H,23,27). The maximum Gasteiger partial charge on any atom is 0.295 e. The lowest BCUT2D eigenvalue weighted by Gasteiger charge is -2.06. The van der Waals surface area contributed by atoms with Gasteiger partial charge in [-0.15, -0.1) is 5.10 Å². The van der Waals surface area contributed by atoms with Crippen molar-refractivity contribution in [2.45, 2.75) is 6.92 Å². The number of carbonyl (C=O) groups excluding carboxylic acids is 1. The van der Waals surface area contributed by atoms with Crippen molar-refractivity contribution in [1.82, 2.24) is 14.8 Å². The third-order valence-corrected chi connectivity index (χ3v) is 4.12. The molecule has 5 nitrogen and oxygen atoms in total. The maximum atomic E-state index is 12.7. The molecule has 0 fully saturated rings. The van der Waals surface area contributed by atoms with Crippen molar-refractivity contribution in [3.63, 3.8) is 0 Å². The summed E-state index contributed by atoms with van der Waals surface area (Å²) in [5.74, 6) is 0.406. The molecule has 132 valence electrons. The molecule has 5 heteroatoms. The van der Waals surface area contributed by atoms with Gasteiger partial charge in [-0.25, -0.2) is 9.67 Å². The molecule has 4 aromatic rings. The molecule has 0 atom stereocenters. The fourth-order valence-electron chi connectivity index (χ4n) is 2.83. The lowest BCUT2D eigenvalue weighted by molar-refractivity contribution is 0.101. The SMILES string of the molecule is Cc1cccc(-n2nc(C(=O)Nc3ccccc3)nc2-c2ccccc2)c1. The molecule has 0 saturated carbocycles. The Hall–Kier alpha value is -3.73. The van der Waals surface area contributed by atoms with Crippen molar-refractivity contribution < 1.29 is 4.79 Å². The van der Waals surface area contributed by atoms with E-state index in [4.69, 9.17) is 0 Å². The van der Waals surface area contributed by atoms with E-state index in [1.807, 2.05) is 91.9 Å². The van der Waals surface area contributed by atoms with Crippen molar-refractivity contribution in [1.29, 1.82) is 0 Å². The summed E-state index contributed by atoms with van der Waals surface area (Å²) in [4.78, 5) is 17.2. The van der Waals surface area contributed by atoms with E-state index in [1.54, 1.807) is 4.68 Å². The zero-order valence-corrected chi connectivity index (χ0v) is 14.8. The van der Waals surface area contributed by atoms with Crippen molar-refractivity contribution in [2.75, 3.05) is 5.32 Å². The Morgan fingerprint density at radius 2 is 1.59 bits per heavy atom. The molecule has 1 heterocycles. The van der Waals surface area contributed by atoms with Crippen molar-refractivity contribution in [3.8, 4) is 17.1 Å². The van der Waals surface area contributed by atoms with Crippen LogP contribution in [0.25, 0.3) is 17.1 Å². The van der Waals surface area contributed by atoms with Gasteiger partial charge in [-0.1, -0.05) is 60.7 Å². The molecule has 0 aliphatic rings. The van der Waals surface area contributed by atoms with Crippen LogP contribution in [-0.2, 0) is 0 Å². The van der Waals surface area contributed by atoms with E-state index in [2.05, 4.69) is 15.4 Å². The summed E-state index contributed by atoms with van der Waals surface area (Å²) in [6, 6.07) is 27.0. The Bertz CT molecular complexity index is 1070. The third-order valence-electron chi connectivity index (χ3n) is 4.12. The lowest BCUT2D eigenvalue weighted by Crippen LogP contribution is -2.14. The number of benzene rings is 3. The first kappa shape index (κ1) is 16.7. The second-order valence-corrected chi connectivity index (χ2v) is 6.20. The quantitative estimate of drug-likeness (QED) is 0.587. The van der Waals surface area contributed by atoms with Crippen LogP contribution >= 0.6 is 0 Å². The molecule has 1 amide bonds. The zero-order valence-electron chi connectivity index (χ0n) is 14.8. The summed E-state index contributed by atoms with van der Waals surface area (Å²) in [6.07, 6.45) is 0. The summed E-state index contributed by atoms with van der Waals surface area (Å²) in [7, 11) is 0.